The Bertz CT molecular complexity index is 560. The first-order chi connectivity index (χ1) is 11.7. The van der Waals surface area contributed by atoms with Crippen molar-refractivity contribution in [1.82, 2.24) is 19.6 Å². The summed E-state index contributed by atoms with van der Waals surface area (Å²) in [4.78, 5) is 17.0. The van der Waals surface area contributed by atoms with Crippen LogP contribution in [0.5, 0.6) is 0 Å². The fraction of sp³-hybridized carbons (Fsp3) is 0.765. The third kappa shape index (κ3) is 3.79. The Kier molecular flexibility index (Phi) is 4.56. The van der Waals surface area contributed by atoms with Crippen LogP contribution in [-0.2, 0) is 20.8 Å². The van der Waals surface area contributed by atoms with Gasteiger partial charge in [0.1, 0.15) is 12.1 Å². The molecule has 7 nitrogen and oxygen atoms in total. The molecule has 2 saturated heterocycles. The van der Waals surface area contributed by atoms with Crippen molar-refractivity contribution in [2.24, 2.45) is 5.92 Å². The van der Waals surface area contributed by atoms with Gasteiger partial charge in [-0.1, -0.05) is 0 Å². The van der Waals surface area contributed by atoms with E-state index < -0.39 is 0 Å². The summed E-state index contributed by atoms with van der Waals surface area (Å²) in [5.74, 6) is 0.945. The maximum atomic E-state index is 12.6. The summed E-state index contributed by atoms with van der Waals surface area (Å²) in [7, 11) is 0. The molecular formula is C17H26N4O3. The van der Waals surface area contributed by atoms with Crippen LogP contribution in [0.1, 0.15) is 12.8 Å². The Morgan fingerprint density at radius 1 is 1.25 bits per heavy atom. The molecule has 2 aliphatic heterocycles. The maximum Gasteiger partial charge on any atom is 0.244 e. The number of hydrogen-bond acceptors (Lipinski definition) is 5. The molecule has 4 rings (SSSR count). The van der Waals surface area contributed by atoms with Crippen LogP contribution in [-0.4, -0.2) is 83.6 Å². The molecule has 1 spiro atoms. The average molecular weight is 334 g/mol. The number of morpholine rings is 1. The zero-order valence-corrected chi connectivity index (χ0v) is 14.1. The van der Waals surface area contributed by atoms with Crippen LogP contribution >= 0.6 is 0 Å². The van der Waals surface area contributed by atoms with E-state index in [9.17, 15) is 4.79 Å². The van der Waals surface area contributed by atoms with Gasteiger partial charge in [-0.15, -0.1) is 0 Å². The first-order valence-electron chi connectivity index (χ1n) is 8.92. The zero-order valence-electron chi connectivity index (χ0n) is 14.1. The molecule has 0 bridgehead atoms. The first-order valence-corrected chi connectivity index (χ1v) is 8.92. The number of aromatic nitrogens is 2. The number of nitrogens with zero attached hydrogens (tertiary/aromatic N) is 4. The van der Waals surface area contributed by atoms with E-state index in [-0.39, 0.29) is 18.1 Å². The molecule has 3 aliphatic rings. The Hall–Kier alpha value is -1.44. The minimum absolute atomic E-state index is 0.0966. The Labute approximate surface area is 142 Å². The predicted octanol–water partition coefficient (Wildman–Crippen LogP) is 0.223. The van der Waals surface area contributed by atoms with Crippen LogP contribution in [0.2, 0.25) is 0 Å². The topological polar surface area (TPSA) is 59.8 Å². The molecule has 1 aromatic heterocycles. The molecule has 3 fully saturated rings. The van der Waals surface area contributed by atoms with E-state index in [1.807, 2.05) is 17.2 Å². The average Bonchev–Trinajstić information content (AvgIpc) is 3.29. The van der Waals surface area contributed by atoms with Gasteiger partial charge < -0.3 is 14.4 Å². The van der Waals surface area contributed by atoms with Crippen molar-refractivity contribution in [3.05, 3.63) is 18.5 Å². The van der Waals surface area contributed by atoms with Gasteiger partial charge in [-0.2, -0.15) is 5.10 Å². The fourth-order valence-electron chi connectivity index (χ4n) is 3.68. The summed E-state index contributed by atoms with van der Waals surface area (Å²) >= 11 is 0. The second-order valence-electron chi connectivity index (χ2n) is 7.28. The van der Waals surface area contributed by atoms with Crippen molar-refractivity contribution < 1.29 is 14.3 Å². The highest BCUT2D eigenvalue weighted by atomic mass is 16.5. The molecule has 24 heavy (non-hydrogen) atoms. The van der Waals surface area contributed by atoms with Crippen molar-refractivity contribution in [2.75, 3.05) is 52.5 Å². The quantitative estimate of drug-likeness (QED) is 0.788. The predicted molar refractivity (Wildman–Crippen MR) is 87.5 cm³/mol. The van der Waals surface area contributed by atoms with Gasteiger partial charge in [0.2, 0.25) is 5.91 Å². The summed E-state index contributed by atoms with van der Waals surface area (Å²) in [6, 6.07) is 1.84. The molecule has 1 atom stereocenters. The van der Waals surface area contributed by atoms with Crippen molar-refractivity contribution in [1.29, 1.82) is 0 Å². The van der Waals surface area contributed by atoms with Gasteiger partial charge in [0, 0.05) is 38.6 Å². The lowest BCUT2D eigenvalue weighted by molar-refractivity contribution is -0.162. The Morgan fingerprint density at radius 2 is 2.17 bits per heavy atom. The number of carbonyl (C=O) groups is 1. The Morgan fingerprint density at radius 3 is 2.96 bits per heavy atom. The molecule has 0 aromatic carbocycles. The smallest absolute Gasteiger partial charge is 0.244 e. The largest absolute Gasteiger partial charge is 0.377 e. The number of hydrogen-bond donors (Lipinski definition) is 0. The number of ether oxygens (including phenoxy) is 2. The van der Waals surface area contributed by atoms with Crippen molar-refractivity contribution in [3.8, 4) is 0 Å². The molecule has 1 amide bonds. The standard InChI is InChI=1S/C17H26N4O3/c22-16(11-21-5-1-4-18-21)20-7-9-24-17(13-20)12-19(6-8-23-14-17)10-15-2-3-15/h1,4-5,15H,2-3,6-14H2/t17-/m0/s1. The highest BCUT2D eigenvalue weighted by Crippen LogP contribution is 2.31. The van der Waals surface area contributed by atoms with Gasteiger partial charge in [0.25, 0.3) is 0 Å². The first kappa shape index (κ1) is 16.1. The van der Waals surface area contributed by atoms with E-state index >= 15 is 0 Å². The summed E-state index contributed by atoms with van der Waals surface area (Å²) in [6.45, 7) is 6.38. The summed E-state index contributed by atoms with van der Waals surface area (Å²) in [5, 5.41) is 4.13. The monoisotopic (exact) mass is 334 g/mol. The third-order valence-electron chi connectivity index (χ3n) is 5.10. The summed E-state index contributed by atoms with van der Waals surface area (Å²) < 4.78 is 13.7. The van der Waals surface area contributed by atoms with Crippen LogP contribution in [0.15, 0.2) is 18.5 Å². The van der Waals surface area contributed by atoms with Crippen molar-refractivity contribution in [2.45, 2.75) is 25.0 Å². The molecule has 0 unspecified atom stereocenters. The SMILES string of the molecule is O=C(Cn1cccn1)N1CCO[C@]2(COCCN(CC3CC3)C2)C1. The summed E-state index contributed by atoms with van der Waals surface area (Å²) in [6.07, 6.45) is 6.21. The molecular weight excluding hydrogens is 308 g/mol. The number of carbonyl (C=O) groups excluding carboxylic acids is 1. The lowest BCUT2D eigenvalue weighted by Gasteiger charge is -2.43. The van der Waals surface area contributed by atoms with Crippen LogP contribution in [0.4, 0.5) is 0 Å². The maximum absolute atomic E-state index is 12.6. The molecule has 1 aliphatic carbocycles. The van der Waals surface area contributed by atoms with Crippen molar-refractivity contribution >= 4 is 5.91 Å². The van der Waals surface area contributed by atoms with E-state index in [1.165, 1.54) is 12.8 Å². The lowest BCUT2D eigenvalue weighted by Crippen LogP contribution is -2.60. The van der Waals surface area contributed by atoms with Crippen LogP contribution in [0.25, 0.3) is 0 Å². The van der Waals surface area contributed by atoms with Gasteiger partial charge >= 0.3 is 0 Å². The van der Waals surface area contributed by atoms with Crippen LogP contribution in [0, 0.1) is 5.92 Å². The van der Waals surface area contributed by atoms with Gasteiger partial charge in [-0.25, -0.2) is 0 Å². The second kappa shape index (κ2) is 6.82. The normalized spacial score (nSPS) is 28.9. The molecule has 0 radical (unpaired) electrons. The molecule has 1 aromatic rings. The highest BCUT2D eigenvalue weighted by Gasteiger charge is 2.42. The second-order valence-corrected chi connectivity index (χ2v) is 7.28. The van der Waals surface area contributed by atoms with Crippen molar-refractivity contribution in [3.63, 3.8) is 0 Å². The molecule has 3 heterocycles. The molecule has 1 saturated carbocycles. The minimum atomic E-state index is -0.385. The van der Waals surface area contributed by atoms with E-state index in [1.54, 1.807) is 10.9 Å². The fourth-order valence-corrected chi connectivity index (χ4v) is 3.68. The van der Waals surface area contributed by atoms with E-state index in [0.717, 1.165) is 32.2 Å². The number of rotatable bonds is 4. The van der Waals surface area contributed by atoms with Gasteiger partial charge in [-0.05, 0) is 24.8 Å². The zero-order chi connectivity index (χ0) is 16.4. The van der Waals surface area contributed by atoms with E-state index in [4.69, 9.17) is 9.47 Å². The van der Waals surface area contributed by atoms with Gasteiger partial charge in [-0.3, -0.25) is 14.4 Å². The summed E-state index contributed by atoms with van der Waals surface area (Å²) in [5.41, 5.74) is -0.385. The third-order valence-corrected chi connectivity index (χ3v) is 5.10. The van der Waals surface area contributed by atoms with Crippen LogP contribution in [0.3, 0.4) is 0 Å². The highest BCUT2D eigenvalue weighted by molar-refractivity contribution is 5.76. The molecule has 132 valence electrons. The molecule has 0 N–H and O–H groups in total. The van der Waals surface area contributed by atoms with E-state index in [2.05, 4.69) is 10.00 Å². The van der Waals surface area contributed by atoms with Crippen LogP contribution < -0.4 is 0 Å². The van der Waals surface area contributed by atoms with E-state index in [0.29, 0.717) is 26.3 Å². The molecule has 7 heteroatoms. The lowest BCUT2D eigenvalue weighted by atomic mass is 10.0. The minimum Gasteiger partial charge on any atom is -0.377 e. The Balaban J connectivity index is 1.40. The van der Waals surface area contributed by atoms with Gasteiger partial charge in [0.15, 0.2) is 0 Å². The number of amides is 1. The van der Waals surface area contributed by atoms with Gasteiger partial charge in [0.05, 0.1) is 26.4 Å².